The van der Waals surface area contributed by atoms with Crippen molar-refractivity contribution in [3.05, 3.63) is 18.0 Å². The Morgan fingerprint density at radius 2 is 2.20 bits per heavy atom. The molecule has 0 aromatic carbocycles. The summed E-state index contributed by atoms with van der Waals surface area (Å²) in [7, 11) is 0. The zero-order valence-corrected chi connectivity index (χ0v) is 11.3. The van der Waals surface area contributed by atoms with E-state index in [1.807, 2.05) is 6.07 Å². The maximum absolute atomic E-state index is 11.9. The molecule has 7 heteroatoms. The summed E-state index contributed by atoms with van der Waals surface area (Å²) in [5, 5.41) is 10.3. The zero-order chi connectivity index (χ0) is 13.9. The number of hydrogen-bond donors (Lipinski definition) is 2. The van der Waals surface area contributed by atoms with Crippen molar-refractivity contribution in [3.63, 3.8) is 0 Å². The average Bonchev–Trinajstić information content (AvgIpc) is 2.92. The predicted octanol–water partition coefficient (Wildman–Crippen LogP) is 0.544. The van der Waals surface area contributed by atoms with Gasteiger partial charge in [0.05, 0.1) is 12.3 Å². The molecule has 2 aromatic heterocycles. The van der Waals surface area contributed by atoms with Gasteiger partial charge in [-0.1, -0.05) is 0 Å². The van der Waals surface area contributed by atoms with E-state index in [-0.39, 0.29) is 0 Å². The lowest BCUT2D eigenvalue weighted by Crippen LogP contribution is -2.43. The molecule has 0 atom stereocenters. The number of nitrogens with zero attached hydrogens (tertiary/aromatic N) is 3. The van der Waals surface area contributed by atoms with Gasteiger partial charge >= 0.3 is 5.97 Å². The van der Waals surface area contributed by atoms with E-state index in [9.17, 15) is 4.79 Å². The average molecular weight is 275 g/mol. The molecule has 7 nitrogen and oxygen atoms in total. The van der Waals surface area contributed by atoms with Gasteiger partial charge in [0.25, 0.3) is 0 Å². The lowest BCUT2D eigenvalue weighted by Gasteiger charge is -2.29. The van der Waals surface area contributed by atoms with Crippen LogP contribution in [0.25, 0.3) is 11.0 Å². The number of pyridine rings is 1. The number of esters is 1. The fourth-order valence-corrected chi connectivity index (χ4v) is 2.41. The SMILES string of the molecule is CCOC(=O)c1[nH]nc2c(N3CCNCC3)ccnc12. The van der Waals surface area contributed by atoms with Gasteiger partial charge in [0.1, 0.15) is 11.0 Å². The van der Waals surface area contributed by atoms with Crippen LogP contribution in [0.15, 0.2) is 12.3 Å². The van der Waals surface area contributed by atoms with E-state index >= 15 is 0 Å². The second kappa shape index (κ2) is 5.46. The van der Waals surface area contributed by atoms with Gasteiger partial charge in [0.15, 0.2) is 5.69 Å². The largest absolute Gasteiger partial charge is 0.461 e. The van der Waals surface area contributed by atoms with E-state index in [4.69, 9.17) is 4.74 Å². The third kappa shape index (κ3) is 2.20. The van der Waals surface area contributed by atoms with Crippen LogP contribution in [0, 0.1) is 0 Å². The highest BCUT2D eigenvalue weighted by molar-refractivity contribution is 6.03. The Morgan fingerprint density at radius 3 is 2.95 bits per heavy atom. The summed E-state index contributed by atoms with van der Waals surface area (Å²) in [5.41, 5.74) is 2.61. The molecule has 0 aliphatic carbocycles. The van der Waals surface area contributed by atoms with Gasteiger partial charge in [0, 0.05) is 32.4 Å². The maximum atomic E-state index is 11.9. The summed E-state index contributed by atoms with van der Waals surface area (Å²) in [4.78, 5) is 18.4. The number of hydrogen-bond acceptors (Lipinski definition) is 6. The van der Waals surface area contributed by atoms with Crippen molar-refractivity contribution in [1.29, 1.82) is 0 Å². The van der Waals surface area contributed by atoms with Gasteiger partial charge in [-0.2, -0.15) is 5.10 Å². The lowest BCUT2D eigenvalue weighted by molar-refractivity contribution is 0.0521. The minimum atomic E-state index is -0.417. The number of ether oxygens (including phenoxy) is 1. The van der Waals surface area contributed by atoms with E-state index in [0.717, 1.165) is 37.4 Å². The van der Waals surface area contributed by atoms with Crippen LogP contribution < -0.4 is 10.2 Å². The number of aromatic nitrogens is 3. The van der Waals surface area contributed by atoms with Crippen molar-refractivity contribution in [2.24, 2.45) is 0 Å². The Labute approximate surface area is 116 Å². The molecule has 1 saturated heterocycles. The molecule has 0 unspecified atom stereocenters. The van der Waals surface area contributed by atoms with Crippen LogP contribution in [0.2, 0.25) is 0 Å². The molecule has 1 fully saturated rings. The van der Waals surface area contributed by atoms with Crippen LogP contribution >= 0.6 is 0 Å². The fraction of sp³-hybridized carbons (Fsp3) is 0.462. The molecule has 2 aromatic rings. The van der Waals surface area contributed by atoms with Crippen molar-refractivity contribution >= 4 is 22.7 Å². The molecule has 0 amide bonds. The predicted molar refractivity (Wildman–Crippen MR) is 74.9 cm³/mol. The van der Waals surface area contributed by atoms with Crippen LogP contribution in [-0.2, 0) is 4.74 Å². The molecule has 0 bridgehead atoms. The summed E-state index contributed by atoms with van der Waals surface area (Å²) < 4.78 is 5.01. The molecule has 3 rings (SSSR count). The first kappa shape index (κ1) is 12.9. The molecule has 1 aliphatic rings. The topological polar surface area (TPSA) is 83.1 Å². The first-order valence-corrected chi connectivity index (χ1v) is 6.77. The molecule has 106 valence electrons. The number of carbonyl (C=O) groups is 1. The highest BCUT2D eigenvalue weighted by atomic mass is 16.5. The standard InChI is InChI=1S/C13H17N5O2/c1-2-20-13(19)12-11-10(16-17-12)9(3-4-15-11)18-7-5-14-6-8-18/h3-4,14H,2,5-8H2,1H3,(H,16,17). The van der Waals surface area contributed by atoms with Gasteiger partial charge in [-0.25, -0.2) is 4.79 Å². The summed E-state index contributed by atoms with van der Waals surface area (Å²) in [6.07, 6.45) is 1.71. The minimum Gasteiger partial charge on any atom is -0.461 e. The third-order valence-electron chi connectivity index (χ3n) is 3.36. The fourth-order valence-electron chi connectivity index (χ4n) is 2.41. The number of fused-ring (bicyclic) bond motifs is 1. The van der Waals surface area contributed by atoms with Crippen molar-refractivity contribution in [3.8, 4) is 0 Å². The smallest absolute Gasteiger partial charge is 0.358 e. The first-order chi connectivity index (χ1) is 9.81. The Bertz CT molecular complexity index is 618. The highest BCUT2D eigenvalue weighted by Gasteiger charge is 2.20. The molecule has 2 N–H and O–H groups in total. The normalized spacial score (nSPS) is 15.6. The molecule has 1 aliphatic heterocycles. The molecule has 0 saturated carbocycles. The van der Waals surface area contributed by atoms with Gasteiger partial charge in [-0.3, -0.25) is 10.1 Å². The number of anilines is 1. The number of carbonyl (C=O) groups excluding carboxylic acids is 1. The van der Waals surface area contributed by atoms with E-state index in [1.165, 1.54) is 0 Å². The highest BCUT2D eigenvalue weighted by Crippen LogP contribution is 2.25. The molecule has 0 spiro atoms. The molecule has 0 radical (unpaired) electrons. The Kier molecular flexibility index (Phi) is 3.51. The molecule has 20 heavy (non-hydrogen) atoms. The molecule has 3 heterocycles. The first-order valence-electron chi connectivity index (χ1n) is 6.77. The zero-order valence-electron chi connectivity index (χ0n) is 11.3. The van der Waals surface area contributed by atoms with Crippen LogP contribution in [0.4, 0.5) is 5.69 Å². The lowest BCUT2D eigenvalue weighted by atomic mass is 10.2. The van der Waals surface area contributed by atoms with Gasteiger partial charge in [-0.05, 0) is 13.0 Å². The summed E-state index contributed by atoms with van der Waals surface area (Å²) in [5.74, 6) is -0.417. The van der Waals surface area contributed by atoms with Crippen molar-refractivity contribution < 1.29 is 9.53 Å². The third-order valence-corrected chi connectivity index (χ3v) is 3.36. The minimum absolute atomic E-state index is 0.318. The Hall–Kier alpha value is -2.15. The van der Waals surface area contributed by atoms with Gasteiger partial charge < -0.3 is 15.0 Å². The van der Waals surface area contributed by atoms with Crippen LogP contribution in [0.5, 0.6) is 0 Å². The maximum Gasteiger partial charge on any atom is 0.358 e. The van der Waals surface area contributed by atoms with E-state index in [0.29, 0.717) is 17.8 Å². The van der Waals surface area contributed by atoms with Crippen molar-refractivity contribution in [2.45, 2.75) is 6.92 Å². The summed E-state index contributed by atoms with van der Waals surface area (Å²) >= 11 is 0. The Balaban J connectivity index is 2.00. The van der Waals surface area contributed by atoms with Crippen LogP contribution in [0.1, 0.15) is 17.4 Å². The van der Waals surface area contributed by atoms with E-state index in [2.05, 4.69) is 25.4 Å². The second-order valence-corrected chi connectivity index (χ2v) is 4.58. The van der Waals surface area contributed by atoms with Crippen molar-refractivity contribution in [1.82, 2.24) is 20.5 Å². The number of aromatic amines is 1. The van der Waals surface area contributed by atoms with Crippen LogP contribution in [0.3, 0.4) is 0 Å². The van der Waals surface area contributed by atoms with Crippen molar-refractivity contribution in [2.75, 3.05) is 37.7 Å². The van der Waals surface area contributed by atoms with E-state index in [1.54, 1.807) is 13.1 Å². The van der Waals surface area contributed by atoms with E-state index < -0.39 is 5.97 Å². The number of H-pyrrole nitrogens is 1. The van der Waals surface area contributed by atoms with Gasteiger partial charge in [0.2, 0.25) is 0 Å². The number of piperazine rings is 1. The Morgan fingerprint density at radius 1 is 1.40 bits per heavy atom. The monoisotopic (exact) mass is 275 g/mol. The van der Waals surface area contributed by atoms with Gasteiger partial charge in [-0.15, -0.1) is 0 Å². The quantitative estimate of drug-likeness (QED) is 0.796. The second-order valence-electron chi connectivity index (χ2n) is 4.58. The number of rotatable bonds is 3. The van der Waals surface area contributed by atoms with Crippen LogP contribution in [-0.4, -0.2) is 53.9 Å². The number of nitrogens with one attached hydrogen (secondary N) is 2. The summed E-state index contributed by atoms with van der Waals surface area (Å²) in [6.45, 7) is 5.83. The molecular weight excluding hydrogens is 258 g/mol. The summed E-state index contributed by atoms with van der Waals surface area (Å²) in [6, 6.07) is 1.93. The molecular formula is C13H17N5O2.